The molecule has 9 aliphatic rings. The van der Waals surface area contributed by atoms with Crippen LogP contribution in [0.2, 0.25) is 0 Å². The van der Waals surface area contributed by atoms with Gasteiger partial charge in [0.05, 0.1) is 44.2 Å². The second kappa shape index (κ2) is 15.8. The Bertz CT molecular complexity index is 1590. The first kappa shape index (κ1) is 43.1. The lowest BCUT2D eigenvalue weighted by Crippen LogP contribution is -2.65. The third-order valence-electron chi connectivity index (χ3n) is 16.7. The number of hydrogen-bond donors (Lipinski definition) is 8. The van der Waals surface area contributed by atoms with Crippen LogP contribution in [0.4, 0.5) is 0 Å². The zero-order chi connectivity index (χ0) is 41.9. The van der Waals surface area contributed by atoms with Gasteiger partial charge in [0.15, 0.2) is 24.7 Å². The monoisotopic (exact) mass is 838 g/mol. The fourth-order valence-electron chi connectivity index (χ4n) is 13.4. The van der Waals surface area contributed by atoms with Crippen molar-refractivity contribution in [2.45, 2.75) is 183 Å². The van der Waals surface area contributed by atoms with E-state index in [1.807, 2.05) is 0 Å². The molecule has 16 nitrogen and oxygen atoms in total. The summed E-state index contributed by atoms with van der Waals surface area (Å²) in [4.78, 5) is 0. The van der Waals surface area contributed by atoms with Gasteiger partial charge in [-0.05, 0) is 74.5 Å². The van der Waals surface area contributed by atoms with Gasteiger partial charge in [-0.15, -0.1) is 0 Å². The van der Waals surface area contributed by atoms with Crippen molar-refractivity contribution in [1.82, 2.24) is 0 Å². The predicted molar refractivity (Wildman–Crippen MR) is 204 cm³/mol. The highest BCUT2D eigenvalue weighted by Gasteiger charge is 2.69. The van der Waals surface area contributed by atoms with Crippen LogP contribution in [0.3, 0.4) is 0 Å². The predicted octanol–water partition coefficient (Wildman–Crippen LogP) is 0.383. The first-order chi connectivity index (χ1) is 28.0. The maximum atomic E-state index is 11.4. The Morgan fingerprint density at radius 2 is 1.47 bits per heavy atom. The molecule has 1 spiro atoms. The zero-order valence-corrected chi connectivity index (χ0v) is 34.5. The van der Waals surface area contributed by atoms with Crippen molar-refractivity contribution < 1.29 is 78.7 Å². The van der Waals surface area contributed by atoms with Crippen molar-refractivity contribution in [3.8, 4) is 0 Å². The van der Waals surface area contributed by atoms with Crippen LogP contribution in [0.25, 0.3) is 0 Å². The molecular weight excluding hydrogens is 772 g/mol. The van der Waals surface area contributed by atoms with Gasteiger partial charge in [-0.3, -0.25) is 0 Å². The van der Waals surface area contributed by atoms with Crippen LogP contribution >= 0.6 is 0 Å². The second-order valence-electron chi connectivity index (χ2n) is 19.8. The Morgan fingerprint density at radius 1 is 0.763 bits per heavy atom. The summed E-state index contributed by atoms with van der Waals surface area (Å²) in [7, 11) is 0. The third-order valence-corrected chi connectivity index (χ3v) is 16.7. The van der Waals surface area contributed by atoms with Crippen molar-refractivity contribution >= 4 is 0 Å². The van der Waals surface area contributed by atoms with Crippen LogP contribution in [-0.2, 0) is 37.9 Å². The zero-order valence-electron chi connectivity index (χ0n) is 34.5. The van der Waals surface area contributed by atoms with E-state index < -0.39 is 103 Å². The molecule has 0 aromatic heterocycles. The number of fused-ring (bicyclic) bond motifs is 7. The lowest BCUT2D eigenvalue weighted by molar-refractivity contribution is -0.382. The van der Waals surface area contributed by atoms with Crippen LogP contribution in [0.5, 0.6) is 0 Å². The molecule has 59 heavy (non-hydrogen) atoms. The first-order valence-electron chi connectivity index (χ1n) is 21.9. The summed E-state index contributed by atoms with van der Waals surface area (Å²) < 4.78 is 50.4. The highest BCUT2D eigenvalue weighted by molar-refractivity contribution is 5.29. The third kappa shape index (κ3) is 6.95. The molecule has 8 N–H and O–H groups in total. The van der Waals surface area contributed by atoms with Crippen LogP contribution in [0, 0.1) is 40.4 Å². The lowest BCUT2D eigenvalue weighted by atomic mass is 9.46. The Labute approximate surface area is 345 Å². The van der Waals surface area contributed by atoms with Crippen LogP contribution in [0.15, 0.2) is 23.8 Å². The minimum absolute atomic E-state index is 0.0520. The highest BCUT2D eigenvalue weighted by Crippen LogP contribution is 2.71. The first-order valence-corrected chi connectivity index (χ1v) is 21.9. The number of ether oxygens (including phenoxy) is 8. The average Bonchev–Trinajstić information content (AvgIpc) is 3.65. The summed E-state index contributed by atoms with van der Waals surface area (Å²) in [5.74, 6) is 0.989. The summed E-state index contributed by atoms with van der Waals surface area (Å²) in [6.07, 6.45) is -11.4. The SMILES string of the molecule is C=C1CC[C@@]2(OC1)OC1C[C@H]3[C@@H]4CC=C5C[C@@H](O)C[C@@H](O[C@@H]6OC[C@H](O)[C@H](O[C@@H]7OC[C@@H](O)[C@H](O)[C@H]7O)[C@H]6O[C@@H]6O[C@@H](C)[C@H](O)[C@@H](O)[C@H]6O)[C@]5(C)[C@H]4CC[C@]3(C)C1C2C. The van der Waals surface area contributed by atoms with Gasteiger partial charge in [0, 0.05) is 24.2 Å². The van der Waals surface area contributed by atoms with Gasteiger partial charge in [0.2, 0.25) is 0 Å². The number of allylic oxidation sites excluding steroid dienone is 1. The van der Waals surface area contributed by atoms with Crippen molar-refractivity contribution in [3.05, 3.63) is 23.8 Å². The van der Waals surface area contributed by atoms with Gasteiger partial charge in [-0.25, -0.2) is 0 Å². The van der Waals surface area contributed by atoms with Crippen LogP contribution in [-0.4, -0.2) is 165 Å². The summed E-state index contributed by atoms with van der Waals surface area (Å²) in [6.45, 7) is 12.6. The van der Waals surface area contributed by atoms with Gasteiger partial charge in [-0.1, -0.05) is 44.6 Å². The molecule has 16 heteroatoms. The minimum Gasteiger partial charge on any atom is -0.393 e. The molecule has 3 unspecified atom stereocenters. The van der Waals surface area contributed by atoms with E-state index in [1.165, 1.54) is 6.92 Å². The molecule has 9 rings (SSSR count). The van der Waals surface area contributed by atoms with E-state index in [2.05, 4.69) is 33.4 Å². The fourth-order valence-corrected chi connectivity index (χ4v) is 13.4. The summed E-state index contributed by atoms with van der Waals surface area (Å²) in [6, 6.07) is 0. The summed E-state index contributed by atoms with van der Waals surface area (Å²) in [5.41, 5.74) is 1.77. The second-order valence-corrected chi connectivity index (χ2v) is 19.8. The minimum atomic E-state index is -1.72. The number of aliphatic hydroxyl groups is 8. The molecule has 0 aromatic carbocycles. The molecule has 334 valence electrons. The van der Waals surface area contributed by atoms with Crippen molar-refractivity contribution in [1.29, 1.82) is 0 Å². The molecule has 5 heterocycles. The molecule has 0 bridgehead atoms. The van der Waals surface area contributed by atoms with Crippen molar-refractivity contribution in [2.24, 2.45) is 40.4 Å². The van der Waals surface area contributed by atoms with Gasteiger partial charge in [-0.2, -0.15) is 0 Å². The quantitative estimate of drug-likeness (QED) is 0.169. The van der Waals surface area contributed by atoms with Gasteiger partial charge < -0.3 is 78.7 Å². The van der Waals surface area contributed by atoms with E-state index in [4.69, 9.17) is 37.9 Å². The maximum Gasteiger partial charge on any atom is 0.187 e. The summed E-state index contributed by atoms with van der Waals surface area (Å²) in [5, 5.41) is 86.2. The van der Waals surface area contributed by atoms with Crippen LogP contribution in [0.1, 0.15) is 79.1 Å². The van der Waals surface area contributed by atoms with Gasteiger partial charge >= 0.3 is 0 Å². The van der Waals surface area contributed by atoms with Crippen molar-refractivity contribution in [2.75, 3.05) is 19.8 Å². The van der Waals surface area contributed by atoms with E-state index >= 15 is 0 Å². The number of hydrogen-bond acceptors (Lipinski definition) is 16. The number of rotatable bonds is 6. The lowest BCUT2D eigenvalue weighted by Gasteiger charge is -2.60. The topological polar surface area (TPSA) is 236 Å². The standard InChI is InChI=1S/C43H66O16/c1-18-8-11-43(54-15-18)19(2)30-28(59-43)14-25-23-7-6-21-12-22(44)13-29(42(21,5)24(23)9-10-41(25,30)4)56-40-37(58-39-35(51)33(49)31(47)20(3)55-39)36(27(46)17-53-40)57-38-34(50)32(48)26(45)16-52-38/h6,19-20,22-40,44-51H,1,7-17H2,2-5H3/t19?,20-,22+,23+,24-,25-,26+,27-,28?,29+,30?,31-,32-,33+,34+,35+,36-,37+,38-,39-,40-,41-,42-,43+/m0/s1. The molecule has 0 amide bonds. The molecule has 0 radical (unpaired) electrons. The van der Waals surface area contributed by atoms with E-state index in [9.17, 15) is 40.9 Å². The fraction of sp³-hybridized carbons (Fsp3) is 0.907. The van der Waals surface area contributed by atoms with E-state index in [0.29, 0.717) is 30.8 Å². The molecule has 5 aliphatic heterocycles. The Morgan fingerprint density at radius 3 is 2.22 bits per heavy atom. The Balaban J connectivity index is 0.994. The Hall–Kier alpha value is -1.16. The van der Waals surface area contributed by atoms with Gasteiger partial charge in [0.25, 0.3) is 0 Å². The smallest absolute Gasteiger partial charge is 0.187 e. The molecule has 8 fully saturated rings. The highest BCUT2D eigenvalue weighted by atomic mass is 16.8. The van der Waals surface area contributed by atoms with E-state index in [1.54, 1.807) is 0 Å². The maximum absolute atomic E-state index is 11.4. The average molecular weight is 839 g/mol. The van der Waals surface area contributed by atoms with E-state index in [0.717, 1.165) is 49.7 Å². The van der Waals surface area contributed by atoms with E-state index in [-0.39, 0.29) is 43.0 Å². The molecule has 3 saturated carbocycles. The normalized spacial score (nSPS) is 57.5. The molecular formula is C43H66O16. The van der Waals surface area contributed by atoms with Crippen molar-refractivity contribution in [3.63, 3.8) is 0 Å². The molecule has 5 saturated heterocycles. The Kier molecular flexibility index (Phi) is 11.6. The van der Waals surface area contributed by atoms with Gasteiger partial charge in [0.1, 0.15) is 54.9 Å². The molecule has 24 atom stereocenters. The van der Waals surface area contributed by atoms with Crippen LogP contribution < -0.4 is 0 Å². The molecule has 4 aliphatic carbocycles. The summed E-state index contributed by atoms with van der Waals surface area (Å²) >= 11 is 0. The molecule has 0 aromatic rings. The number of aliphatic hydroxyl groups excluding tert-OH is 8. The largest absolute Gasteiger partial charge is 0.393 e.